The molecule has 19 heavy (non-hydrogen) atoms. The Hall–Kier alpha value is -1.08. The van der Waals surface area contributed by atoms with Crippen LogP contribution in [0.5, 0.6) is 0 Å². The van der Waals surface area contributed by atoms with Gasteiger partial charge in [-0.25, -0.2) is 4.98 Å². The fourth-order valence-electron chi connectivity index (χ4n) is 1.51. The van der Waals surface area contributed by atoms with Crippen LogP contribution in [0.15, 0.2) is 34.6 Å². The zero-order chi connectivity index (χ0) is 13.5. The molecule has 0 aliphatic carbocycles. The number of hydrogen-bond donors (Lipinski definition) is 2. The Morgan fingerprint density at radius 3 is 3.11 bits per heavy atom. The molecule has 0 spiro atoms. The van der Waals surface area contributed by atoms with E-state index in [2.05, 4.69) is 20.5 Å². The van der Waals surface area contributed by atoms with Gasteiger partial charge in [0.2, 0.25) is 0 Å². The van der Waals surface area contributed by atoms with Gasteiger partial charge in [-0.15, -0.1) is 0 Å². The molecule has 1 aromatic heterocycles. The van der Waals surface area contributed by atoms with Crippen LogP contribution in [0, 0.1) is 0 Å². The molecule has 102 valence electrons. The minimum atomic E-state index is 0.693. The SMILES string of the molecule is COCCNCc1ccc(Cl)cc1Sc1ncn[nH]1. The van der Waals surface area contributed by atoms with Crippen LogP contribution in [0.25, 0.3) is 0 Å². The van der Waals surface area contributed by atoms with E-state index in [1.807, 2.05) is 18.2 Å². The highest BCUT2D eigenvalue weighted by molar-refractivity contribution is 7.99. The van der Waals surface area contributed by atoms with Gasteiger partial charge >= 0.3 is 0 Å². The standard InChI is InChI=1S/C12H15ClN4OS/c1-18-5-4-14-7-9-2-3-10(13)6-11(9)19-12-15-8-16-17-12/h2-3,6,8,14H,4-5,7H2,1H3,(H,15,16,17). The number of H-pyrrole nitrogens is 1. The van der Waals surface area contributed by atoms with Crippen molar-refractivity contribution in [2.24, 2.45) is 0 Å². The van der Waals surface area contributed by atoms with Gasteiger partial charge in [0.15, 0.2) is 5.16 Å². The molecule has 0 saturated carbocycles. The van der Waals surface area contributed by atoms with Crippen molar-refractivity contribution in [3.63, 3.8) is 0 Å². The number of aromatic amines is 1. The summed E-state index contributed by atoms with van der Waals surface area (Å²) < 4.78 is 5.00. The van der Waals surface area contributed by atoms with Crippen LogP contribution < -0.4 is 5.32 Å². The molecular formula is C12H15ClN4OS. The number of rotatable bonds is 7. The number of benzene rings is 1. The molecule has 1 heterocycles. The lowest BCUT2D eigenvalue weighted by molar-refractivity contribution is 0.199. The third-order valence-electron chi connectivity index (χ3n) is 2.43. The van der Waals surface area contributed by atoms with Gasteiger partial charge in [0, 0.05) is 30.1 Å². The molecule has 2 aromatic rings. The number of halogens is 1. The second-order valence-corrected chi connectivity index (χ2v) is 5.28. The maximum atomic E-state index is 6.04. The quantitative estimate of drug-likeness (QED) is 0.768. The Kier molecular flexibility index (Phi) is 5.65. The van der Waals surface area contributed by atoms with Crippen LogP contribution in [-0.2, 0) is 11.3 Å². The van der Waals surface area contributed by atoms with Crippen LogP contribution in [-0.4, -0.2) is 35.4 Å². The number of aromatic nitrogens is 3. The van der Waals surface area contributed by atoms with E-state index in [9.17, 15) is 0 Å². The summed E-state index contributed by atoms with van der Waals surface area (Å²) in [7, 11) is 1.69. The predicted octanol–water partition coefficient (Wildman–Crippen LogP) is 2.35. The van der Waals surface area contributed by atoms with Gasteiger partial charge in [0.25, 0.3) is 0 Å². The molecule has 0 unspecified atom stereocenters. The smallest absolute Gasteiger partial charge is 0.188 e. The van der Waals surface area contributed by atoms with Gasteiger partial charge in [-0.2, -0.15) is 5.10 Å². The molecule has 2 rings (SSSR count). The monoisotopic (exact) mass is 298 g/mol. The molecule has 0 amide bonds. The summed E-state index contributed by atoms with van der Waals surface area (Å²) in [6.45, 7) is 2.26. The molecule has 0 saturated heterocycles. The highest BCUT2D eigenvalue weighted by Crippen LogP contribution is 2.30. The van der Waals surface area contributed by atoms with Gasteiger partial charge in [-0.1, -0.05) is 17.7 Å². The number of nitrogens with zero attached hydrogens (tertiary/aromatic N) is 2. The first-order valence-electron chi connectivity index (χ1n) is 5.81. The normalized spacial score (nSPS) is 10.8. The van der Waals surface area contributed by atoms with E-state index in [1.54, 1.807) is 7.11 Å². The largest absolute Gasteiger partial charge is 0.383 e. The highest BCUT2D eigenvalue weighted by Gasteiger charge is 2.07. The molecule has 0 fully saturated rings. The maximum absolute atomic E-state index is 6.04. The predicted molar refractivity (Wildman–Crippen MR) is 75.5 cm³/mol. The minimum Gasteiger partial charge on any atom is -0.383 e. The van der Waals surface area contributed by atoms with E-state index in [0.29, 0.717) is 11.6 Å². The van der Waals surface area contributed by atoms with E-state index in [0.717, 1.165) is 23.1 Å². The van der Waals surface area contributed by atoms with E-state index >= 15 is 0 Å². The minimum absolute atomic E-state index is 0.693. The summed E-state index contributed by atoms with van der Waals surface area (Å²) in [5.41, 5.74) is 1.17. The lowest BCUT2D eigenvalue weighted by atomic mass is 10.2. The van der Waals surface area contributed by atoms with Crippen LogP contribution in [0.1, 0.15) is 5.56 Å². The molecule has 0 aliphatic heterocycles. The van der Waals surface area contributed by atoms with Crippen molar-refractivity contribution in [3.8, 4) is 0 Å². The summed E-state index contributed by atoms with van der Waals surface area (Å²) >= 11 is 7.55. The summed E-state index contributed by atoms with van der Waals surface area (Å²) in [6.07, 6.45) is 1.49. The Labute approximate surface area is 121 Å². The Bertz CT molecular complexity index is 506. The molecule has 7 heteroatoms. The van der Waals surface area contributed by atoms with Crippen molar-refractivity contribution in [1.82, 2.24) is 20.5 Å². The van der Waals surface area contributed by atoms with Gasteiger partial charge in [0.05, 0.1) is 6.61 Å². The van der Waals surface area contributed by atoms with E-state index in [-0.39, 0.29) is 0 Å². The number of nitrogens with one attached hydrogen (secondary N) is 2. The fourth-order valence-corrected chi connectivity index (χ4v) is 2.61. The highest BCUT2D eigenvalue weighted by atomic mass is 35.5. The molecule has 5 nitrogen and oxygen atoms in total. The fraction of sp³-hybridized carbons (Fsp3) is 0.333. The van der Waals surface area contributed by atoms with Crippen LogP contribution in [0.3, 0.4) is 0 Å². The van der Waals surface area contributed by atoms with Crippen LogP contribution in [0.2, 0.25) is 5.02 Å². The van der Waals surface area contributed by atoms with Crippen LogP contribution in [0.4, 0.5) is 0 Å². The lowest BCUT2D eigenvalue weighted by Crippen LogP contribution is -2.18. The molecule has 0 atom stereocenters. The zero-order valence-corrected chi connectivity index (χ0v) is 12.1. The topological polar surface area (TPSA) is 62.8 Å². The van der Waals surface area contributed by atoms with Crippen molar-refractivity contribution in [3.05, 3.63) is 35.1 Å². The average molecular weight is 299 g/mol. The third-order valence-corrected chi connectivity index (χ3v) is 3.65. The second-order valence-electron chi connectivity index (χ2n) is 3.81. The van der Waals surface area contributed by atoms with Crippen molar-refractivity contribution < 1.29 is 4.74 Å². The van der Waals surface area contributed by atoms with Gasteiger partial charge < -0.3 is 10.1 Å². The Morgan fingerprint density at radius 1 is 1.47 bits per heavy atom. The summed E-state index contributed by atoms with van der Waals surface area (Å²) in [5, 5.41) is 11.4. The first kappa shape index (κ1) is 14.3. The maximum Gasteiger partial charge on any atom is 0.188 e. The second kappa shape index (κ2) is 7.49. The zero-order valence-electron chi connectivity index (χ0n) is 10.5. The first-order chi connectivity index (χ1) is 9.29. The number of hydrogen-bond acceptors (Lipinski definition) is 5. The van der Waals surface area contributed by atoms with Gasteiger partial charge in [-0.3, -0.25) is 5.10 Å². The van der Waals surface area contributed by atoms with E-state index in [1.165, 1.54) is 23.7 Å². The molecule has 0 bridgehead atoms. The lowest BCUT2D eigenvalue weighted by Gasteiger charge is -2.09. The van der Waals surface area contributed by atoms with Crippen molar-refractivity contribution in [2.75, 3.05) is 20.3 Å². The number of methoxy groups -OCH3 is 1. The van der Waals surface area contributed by atoms with Crippen molar-refractivity contribution >= 4 is 23.4 Å². The summed E-state index contributed by atoms with van der Waals surface area (Å²) in [5.74, 6) is 0. The van der Waals surface area contributed by atoms with Crippen molar-refractivity contribution in [2.45, 2.75) is 16.6 Å². The average Bonchev–Trinajstić information content (AvgIpc) is 2.90. The van der Waals surface area contributed by atoms with Crippen LogP contribution >= 0.6 is 23.4 Å². The Morgan fingerprint density at radius 2 is 2.37 bits per heavy atom. The molecular weight excluding hydrogens is 284 g/mol. The Balaban J connectivity index is 2.04. The van der Waals surface area contributed by atoms with E-state index < -0.39 is 0 Å². The van der Waals surface area contributed by atoms with E-state index in [4.69, 9.17) is 16.3 Å². The molecule has 0 aliphatic rings. The third kappa shape index (κ3) is 4.50. The van der Waals surface area contributed by atoms with Gasteiger partial charge in [-0.05, 0) is 29.5 Å². The van der Waals surface area contributed by atoms with Crippen molar-refractivity contribution in [1.29, 1.82) is 0 Å². The van der Waals surface area contributed by atoms with Gasteiger partial charge in [0.1, 0.15) is 6.33 Å². The molecule has 2 N–H and O–H groups in total. The summed E-state index contributed by atoms with van der Waals surface area (Å²) in [6, 6.07) is 5.84. The summed E-state index contributed by atoms with van der Waals surface area (Å²) in [4.78, 5) is 5.17. The first-order valence-corrected chi connectivity index (χ1v) is 7.00. The molecule has 0 radical (unpaired) electrons. The molecule has 1 aromatic carbocycles. The number of ether oxygens (including phenoxy) is 1.